The van der Waals surface area contributed by atoms with E-state index in [0.717, 1.165) is 17.6 Å². The summed E-state index contributed by atoms with van der Waals surface area (Å²) in [6, 6.07) is 5.38. The van der Waals surface area contributed by atoms with Gasteiger partial charge < -0.3 is 14.0 Å². The molecule has 2 rings (SSSR count). The number of nitrogens with zero attached hydrogens (tertiary/aromatic N) is 2. The average molecular weight is 248 g/mol. The molecule has 0 spiro atoms. The molecule has 0 fully saturated rings. The largest absolute Gasteiger partial charge is 0.462 e. The second-order valence-electron chi connectivity index (χ2n) is 3.85. The van der Waals surface area contributed by atoms with Crippen molar-refractivity contribution in [3.05, 3.63) is 30.1 Å². The predicted octanol–water partition coefficient (Wildman–Crippen LogP) is 1.86. The Morgan fingerprint density at radius 2 is 2.28 bits per heavy atom. The zero-order valence-electron chi connectivity index (χ0n) is 10.5. The van der Waals surface area contributed by atoms with Gasteiger partial charge in [-0.25, -0.2) is 9.78 Å². The Morgan fingerprint density at radius 1 is 1.44 bits per heavy atom. The van der Waals surface area contributed by atoms with Gasteiger partial charge in [-0.15, -0.1) is 0 Å². The van der Waals surface area contributed by atoms with E-state index < -0.39 is 0 Å². The lowest BCUT2D eigenvalue weighted by atomic mass is 10.2. The van der Waals surface area contributed by atoms with Crippen LogP contribution in [-0.2, 0) is 16.0 Å². The minimum Gasteiger partial charge on any atom is -0.462 e. The molecule has 0 unspecified atom stereocenters. The van der Waals surface area contributed by atoms with Crippen molar-refractivity contribution in [2.24, 2.45) is 0 Å². The van der Waals surface area contributed by atoms with E-state index in [2.05, 4.69) is 4.98 Å². The van der Waals surface area contributed by atoms with Gasteiger partial charge >= 0.3 is 5.97 Å². The second-order valence-corrected chi connectivity index (χ2v) is 3.85. The first-order valence-corrected chi connectivity index (χ1v) is 5.87. The van der Waals surface area contributed by atoms with Crippen molar-refractivity contribution in [3.8, 4) is 0 Å². The number of benzene rings is 1. The monoisotopic (exact) mass is 248 g/mol. The highest BCUT2D eigenvalue weighted by atomic mass is 16.5. The van der Waals surface area contributed by atoms with Crippen LogP contribution in [-0.4, -0.2) is 35.8 Å². The number of esters is 1. The highest BCUT2D eigenvalue weighted by Crippen LogP contribution is 2.15. The molecule has 0 aliphatic heterocycles. The molecule has 0 atom stereocenters. The molecule has 5 heteroatoms. The molecule has 0 saturated carbocycles. The van der Waals surface area contributed by atoms with E-state index in [9.17, 15) is 4.79 Å². The molecule has 0 N–H and O–H groups in total. The Balaban J connectivity index is 2.27. The van der Waals surface area contributed by atoms with Gasteiger partial charge in [0, 0.05) is 13.7 Å². The number of methoxy groups -OCH3 is 1. The van der Waals surface area contributed by atoms with Crippen molar-refractivity contribution < 1.29 is 14.3 Å². The fourth-order valence-corrected chi connectivity index (χ4v) is 1.77. The summed E-state index contributed by atoms with van der Waals surface area (Å²) in [6.45, 7) is 3.53. The van der Waals surface area contributed by atoms with E-state index in [1.54, 1.807) is 32.5 Å². The fourth-order valence-electron chi connectivity index (χ4n) is 1.77. The van der Waals surface area contributed by atoms with Crippen LogP contribution in [0, 0.1) is 0 Å². The van der Waals surface area contributed by atoms with E-state index >= 15 is 0 Å². The number of hydrogen-bond donors (Lipinski definition) is 0. The minimum absolute atomic E-state index is 0.314. The zero-order chi connectivity index (χ0) is 13.0. The molecule has 5 nitrogen and oxygen atoms in total. The quantitative estimate of drug-likeness (QED) is 0.758. The summed E-state index contributed by atoms with van der Waals surface area (Å²) in [5, 5.41) is 0. The van der Waals surface area contributed by atoms with E-state index in [1.807, 2.05) is 10.6 Å². The minimum atomic E-state index is -0.314. The molecule has 0 saturated heterocycles. The number of ether oxygens (including phenoxy) is 2. The van der Waals surface area contributed by atoms with Gasteiger partial charge in [-0.1, -0.05) is 0 Å². The van der Waals surface area contributed by atoms with Crippen LogP contribution < -0.4 is 0 Å². The third kappa shape index (κ3) is 2.51. The van der Waals surface area contributed by atoms with Crippen molar-refractivity contribution in [1.82, 2.24) is 9.55 Å². The molecular formula is C13H16N2O3. The van der Waals surface area contributed by atoms with Crippen LogP contribution in [0.25, 0.3) is 11.0 Å². The Kier molecular flexibility index (Phi) is 3.94. The number of hydrogen-bond acceptors (Lipinski definition) is 4. The molecule has 0 radical (unpaired) electrons. The first kappa shape index (κ1) is 12.6. The highest BCUT2D eigenvalue weighted by Gasteiger charge is 2.09. The molecule has 1 aromatic carbocycles. The van der Waals surface area contributed by atoms with Crippen molar-refractivity contribution in [1.29, 1.82) is 0 Å². The fraction of sp³-hybridized carbons (Fsp3) is 0.385. The Labute approximate surface area is 105 Å². The summed E-state index contributed by atoms with van der Waals surface area (Å²) in [6.07, 6.45) is 1.75. The van der Waals surface area contributed by atoms with Gasteiger partial charge in [0.25, 0.3) is 0 Å². The van der Waals surface area contributed by atoms with E-state index in [-0.39, 0.29) is 5.97 Å². The van der Waals surface area contributed by atoms with E-state index in [1.165, 1.54) is 0 Å². The molecule has 2 aromatic rings. The Morgan fingerprint density at radius 3 is 3.00 bits per heavy atom. The molecular weight excluding hydrogens is 232 g/mol. The molecule has 0 bridgehead atoms. The first-order valence-electron chi connectivity index (χ1n) is 5.87. The SMILES string of the molecule is CCOC(=O)c1ccc2c(c1)ncn2CCOC. The van der Waals surface area contributed by atoms with Crippen LogP contribution in [0.4, 0.5) is 0 Å². The van der Waals surface area contributed by atoms with Gasteiger partial charge in [-0.2, -0.15) is 0 Å². The summed E-state index contributed by atoms with van der Waals surface area (Å²) in [5.74, 6) is -0.314. The summed E-state index contributed by atoms with van der Waals surface area (Å²) in [4.78, 5) is 15.9. The van der Waals surface area contributed by atoms with Gasteiger partial charge in [0.05, 0.1) is 36.1 Å². The van der Waals surface area contributed by atoms with E-state index in [4.69, 9.17) is 9.47 Å². The van der Waals surface area contributed by atoms with Gasteiger partial charge in [0.2, 0.25) is 0 Å². The highest BCUT2D eigenvalue weighted by molar-refractivity contribution is 5.93. The average Bonchev–Trinajstić information content (AvgIpc) is 2.79. The lowest BCUT2D eigenvalue weighted by Gasteiger charge is -2.04. The number of carbonyl (C=O) groups is 1. The second kappa shape index (κ2) is 5.64. The van der Waals surface area contributed by atoms with Crippen LogP contribution in [0.1, 0.15) is 17.3 Å². The van der Waals surface area contributed by atoms with Gasteiger partial charge in [-0.05, 0) is 25.1 Å². The number of aromatic nitrogens is 2. The zero-order valence-corrected chi connectivity index (χ0v) is 10.5. The summed E-state index contributed by atoms with van der Waals surface area (Å²) < 4.78 is 12.0. The van der Waals surface area contributed by atoms with Crippen molar-refractivity contribution in [2.75, 3.05) is 20.3 Å². The molecule has 96 valence electrons. The third-order valence-corrected chi connectivity index (χ3v) is 2.67. The maximum absolute atomic E-state index is 11.6. The number of fused-ring (bicyclic) bond motifs is 1. The maximum Gasteiger partial charge on any atom is 0.338 e. The van der Waals surface area contributed by atoms with Gasteiger partial charge in [-0.3, -0.25) is 0 Å². The van der Waals surface area contributed by atoms with E-state index in [0.29, 0.717) is 18.8 Å². The summed E-state index contributed by atoms with van der Waals surface area (Å²) in [5.41, 5.74) is 2.30. The number of carbonyl (C=O) groups excluding carboxylic acids is 1. The normalized spacial score (nSPS) is 10.8. The molecule has 1 heterocycles. The number of imidazole rings is 1. The maximum atomic E-state index is 11.6. The first-order chi connectivity index (χ1) is 8.76. The van der Waals surface area contributed by atoms with Gasteiger partial charge in [0.15, 0.2) is 0 Å². The lowest BCUT2D eigenvalue weighted by molar-refractivity contribution is 0.0526. The van der Waals surface area contributed by atoms with Crippen LogP contribution in [0.15, 0.2) is 24.5 Å². The third-order valence-electron chi connectivity index (χ3n) is 2.67. The summed E-state index contributed by atoms with van der Waals surface area (Å²) in [7, 11) is 1.66. The van der Waals surface area contributed by atoms with Crippen LogP contribution in [0.3, 0.4) is 0 Å². The smallest absolute Gasteiger partial charge is 0.338 e. The molecule has 18 heavy (non-hydrogen) atoms. The molecule has 0 aliphatic carbocycles. The van der Waals surface area contributed by atoms with Crippen molar-refractivity contribution >= 4 is 17.0 Å². The van der Waals surface area contributed by atoms with Crippen LogP contribution in [0.5, 0.6) is 0 Å². The van der Waals surface area contributed by atoms with Crippen LogP contribution in [0.2, 0.25) is 0 Å². The topological polar surface area (TPSA) is 53.3 Å². The van der Waals surface area contributed by atoms with Crippen molar-refractivity contribution in [3.63, 3.8) is 0 Å². The van der Waals surface area contributed by atoms with Crippen molar-refractivity contribution in [2.45, 2.75) is 13.5 Å². The Bertz CT molecular complexity index is 548. The molecule has 0 amide bonds. The van der Waals surface area contributed by atoms with Gasteiger partial charge in [0.1, 0.15) is 0 Å². The van der Waals surface area contributed by atoms with Crippen LogP contribution >= 0.6 is 0 Å². The summed E-state index contributed by atoms with van der Waals surface area (Å²) >= 11 is 0. The number of rotatable bonds is 5. The Hall–Kier alpha value is -1.88. The molecule has 1 aromatic heterocycles. The predicted molar refractivity (Wildman–Crippen MR) is 67.6 cm³/mol. The molecule has 0 aliphatic rings. The standard InChI is InChI=1S/C13H16N2O3/c1-3-18-13(16)10-4-5-12-11(8-10)14-9-15(12)6-7-17-2/h4-5,8-9H,3,6-7H2,1-2H3. The lowest BCUT2D eigenvalue weighted by Crippen LogP contribution is -2.05.